The summed E-state index contributed by atoms with van der Waals surface area (Å²) < 4.78 is 1.02. The molecule has 0 heterocycles. The maximum Gasteiger partial charge on any atom is 0.0453 e. The summed E-state index contributed by atoms with van der Waals surface area (Å²) in [5, 5.41) is 5.33. The van der Waals surface area contributed by atoms with Gasteiger partial charge in [-0.15, -0.1) is 0 Å². The van der Waals surface area contributed by atoms with E-state index in [1.165, 1.54) is 0 Å². The maximum absolute atomic E-state index is 6.24. The highest BCUT2D eigenvalue weighted by Gasteiger charge is 2.15. The molecule has 0 aliphatic heterocycles. The smallest absolute Gasteiger partial charge is 0.0453 e. The zero-order valence-electron chi connectivity index (χ0n) is 10.8. The molecule has 1 N–H and O–H groups in total. The minimum Gasteiger partial charge on any atom is -0.313 e. The molecule has 0 bridgehead atoms. The van der Waals surface area contributed by atoms with E-state index in [0.717, 1.165) is 22.0 Å². The van der Waals surface area contributed by atoms with Crippen molar-refractivity contribution in [1.29, 1.82) is 0 Å². The van der Waals surface area contributed by atoms with Crippen molar-refractivity contribution in [3.63, 3.8) is 0 Å². The quantitative estimate of drug-likeness (QED) is 0.681. The normalized spacial score (nSPS) is 12.4. The summed E-state index contributed by atoms with van der Waals surface area (Å²) >= 11 is 21.8. The van der Waals surface area contributed by atoms with Crippen LogP contribution in [0.4, 0.5) is 0 Å². The molecule has 0 radical (unpaired) electrons. The van der Waals surface area contributed by atoms with E-state index in [-0.39, 0.29) is 6.04 Å². The van der Waals surface area contributed by atoms with Crippen LogP contribution in [0.25, 0.3) is 0 Å². The summed E-state index contributed by atoms with van der Waals surface area (Å²) in [6, 6.07) is 11.4. The summed E-state index contributed by atoms with van der Waals surface area (Å²) in [5.41, 5.74) is 2.15. The number of halogens is 4. The third-order valence-electron chi connectivity index (χ3n) is 3.12. The molecule has 0 aromatic heterocycles. The third kappa shape index (κ3) is 3.90. The molecule has 1 unspecified atom stereocenters. The van der Waals surface area contributed by atoms with Crippen molar-refractivity contribution in [2.24, 2.45) is 0 Å². The van der Waals surface area contributed by atoms with Crippen molar-refractivity contribution < 1.29 is 0 Å². The molecule has 0 amide bonds. The Morgan fingerprint density at radius 2 is 1.70 bits per heavy atom. The molecule has 0 aliphatic rings. The summed E-state index contributed by atoms with van der Waals surface area (Å²) in [6.07, 6.45) is 0.755. The molecule has 2 aromatic rings. The molecule has 0 spiro atoms. The van der Waals surface area contributed by atoms with Crippen molar-refractivity contribution in [2.75, 3.05) is 7.05 Å². The van der Waals surface area contributed by atoms with Gasteiger partial charge in [-0.3, -0.25) is 0 Å². The number of benzene rings is 2. The van der Waals surface area contributed by atoms with Gasteiger partial charge in [0.2, 0.25) is 0 Å². The van der Waals surface area contributed by atoms with Crippen molar-refractivity contribution in [3.8, 4) is 0 Å². The van der Waals surface area contributed by atoms with Crippen LogP contribution in [0.3, 0.4) is 0 Å². The van der Waals surface area contributed by atoms with Crippen LogP contribution in [0, 0.1) is 0 Å². The van der Waals surface area contributed by atoms with Crippen LogP contribution in [0.2, 0.25) is 15.1 Å². The first-order chi connectivity index (χ1) is 9.51. The van der Waals surface area contributed by atoms with Crippen molar-refractivity contribution in [1.82, 2.24) is 5.32 Å². The molecule has 2 aromatic carbocycles. The average molecular weight is 394 g/mol. The monoisotopic (exact) mass is 391 g/mol. The van der Waals surface area contributed by atoms with Crippen molar-refractivity contribution in [3.05, 3.63) is 67.1 Å². The lowest BCUT2D eigenvalue weighted by Gasteiger charge is -2.19. The Morgan fingerprint density at radius 1 is 1.05 bits per heavy atom. The van der Waals surface area contributed by atoms with Gasteiger partial charge in [-0.25, -0.2) is 0 Å². The molecule has 0 aliphatic carbocycles. The first kappa shape index (κ1) is 16.1. The molecule has 1 nitrogen and oxygen atoms in total. The lowest BCUT2D eigenvalue weighted by molar-refractivity contribution is 0.590. The highest BCUT2D eigenvalue weighted by atomic mass is 79.9. The topological polar surface area (TPSA) is 12.0 Å². The van der Waals surface area contributed by atoms with Crippen LogP contribution in [0.1, 0.15) is 17.2 Å². The Balaban J connectivity index is 2.31. The van der Waals surface area contributed by atoms with Gasteiger partial charge in [-0.2, -0.15) is 0 Å². The lowest BCUT2D eigenvalue weighted by Crippen LogP contribution is -2.19. The van der Waals surface area contributed by atoms with Crippen molar-refractivity contribution in [2.45, 2.75) is 12.5 Å². The van der Waals surface area contributed by atoms with Gasteiger partial charge in [0.25, 0.3) is 0 Å². The fourth-order valence-electron chi connectivity index (χ4n) is 2.06. The molecule has 5 heteroatoms. The minimum atomic E-state index is 0.113. The van der Waals surface area contributed by atoms with Gasteiger partial charge in [0.05, 0.1) is 0 Å². The standard InChI is InChI=1S/C15H13BrCl3N/c1-20-15(12-7-10(17)4-5-13(12)16)6-9-2-3-11(18)8-14(9)19/h2-5,7-8,15,20H,6H2,1H3. The lowest BCUT2D eigenvalue weighted by atomic mass is 9.99. The van der Waals surface area contributed by atoms with Crippen LogP contribution >= 0.6 is 50.7 Å². The number of hydrogen-bond acceptors (Lipinski definition) is 1. The summed E-state index contributed by atoms with van der Waals surface area (Å²) in [5.74, 6) is 0. The number of rotatable bonds is 4. The highest BCUT2D eigenvalue weighted by molar-refractivity contribution is 9.10. The summed E-state index contributed by atoms with van der Waals surface area (Å²) in [7, 11) is 1.92. The molecule has 0 fully saturated rings. The Morgan fingerprint density at radius 3 is 2.35 bits per heavy atom. The molecule has 20 heavy (non-hydrogen) atoms. The molecular weight excluding hydrogens is 380 g/mol. The van der Waals surface area contributed by atoms with E-state index in [1.54, 1.807) is 6.07 Å². The predicted octanol–water partition coefficient (Wildman–Crippen LogP) is 5.91. The molecular formula is C15H13BrCl3N. The highest BCUT2D eigenvalue weighted by Crippen LogP contribution is 2.31. The van der Waals surface area contributed by atoms with E-state index in [0.29, 0.717) is 15.1 Å². The molecule has 0 saturated carbocycles. The fourth-order valence-corrected chi connectivity index (χ4v) is 3.25. The molecule has 2 rings (SSSR count). The van der Waals surface area contributed by atoms with E-state index in [2.05, 4.69) is 21.2 Å². The first-order valence-electron chi connectivity index (χ1n) is 6.07. The second-order valence-electron chi connectivity index (χ2n) is 4.45. The van der Waals surface area contributed by atoms with Gasteiger partial charge >= 0.3 is 0 Å². The van der Waals surface area contributed by atoms with Gasteiger partial charge in [0.15, 0.2) is 0 Å². The average Bonchev–Trinajstić information content (AvgIpc) is 2.41. The fraction of sp³-hybridized carbons (Fsp3) is 0.200. The van der Waals surface area contributed by atoms with E-state index in [4.69, 9.17) is 34.8 Å². The SMILES string of the molecule is CNC(Cc1ccc(Cl)cc1Cl)c1cc(Cl)ccc1Br. The second-order valence-corrected chi connectivity index (χ2v) is 6.58. The van der Waals surface area contributed by atoms with Crippen LogP contribution in [0.5, 0.6) is 0 Å². The molecule has 106 valence electrons. The predicted molar refractivity (Wildman–Crippen MR) is 91.1 cm³/mol. The second kappa shape index (κ2) is 7.15. The number of hydrogen-bond donors (Lipinski definition) is 1. The number of nitrogens with one attached hydrogen (secondary N) is 1. The van der Waals surface area contributed by atoms with E-state index < -0.39 is 0 Å². The Hall–Kier alpha value is -0.250. The Bertz CT molecular complexity index is 616. The first-order valence-corrected chi connectivity index (χ1v) is 8.00. The molecule has 1 atom stereocenters. The van der Waals surface area contributed by atoms with Gasteiger partial charge in [0, 0.05) is 25.6 Å². The van der Waals surface area contributed by atoms with Gasteiger partial charge in [-0.05, 0) is 54.9 Å². The van der Waals surface area contributed by atoms with Gasteiger partial charge in [0.1, 0.15) is 0 Å². The van der Waals surface area contributed by atoms with Gasteiger partial charge in [-0.1, -0.05) is 56.8 Å². The van der Waals surface area contributed by atoms with Crippen LogP contribution in [-0.4, -0.2) is 7.05 Å². The van der Waals surface area contributed by atoms with Gasteiger partial charge < -0.3 is 5.32 Å². The van der Waals surface area contributed by atoms with Crippen LogP contribution < -0.4 is 5.32 Å². The van der Waals surface area contributed by atoms with Crippen LogP contribution in [0.15, 0.2) is 40.9 Å². The Labute approximate surface area is 142 Å². The largest absolute Gasteiger partial charge is 0.313 e. The maximum atomic E-state index is 6.24. The van der Waals surface area contributed by atoms with E-state index in [9.17, 15) is 0 Å². The zero-order valence-corrected chi connectivity index (χ0v) is 14.6. The summed E-state index contributed by atoms with van der Waals surface area (Å²) in [6.45, 7) is 0. The van der Waals surface area contributed by atoms with Crippen LogP contribution in [-0.2, 0) is 6.42 Å². The minimum absolute atomic E-state index is 0.113. The van der Waals surface area contributed by atoms with Crippen molar-refractivity contribution >= 4 is 50.7 Å². The zero-order chi connectivity index (χ0) is 14.7. The third-order valence-corrected chi connectivity index (χ3v) is 4.67. The Kier molecular flexibility index (Phi) is 5.76. The number of likely N-dealkylation sites (N-methyl/N-ethyl adjacent to an activating group) is 1. The molecule has 0 saturated heterocycles. The summed E-state index contributed by atoms with van der Waals surface area (Å²) in [4.78, 5) is 0. The van der Waals surface area contributed by atoms with E-state index in [1.807, 2.05) is 37.4 Å². The van der Waals surface area contributed by atoms with E-state index >= 15 is 0 Å².